The van der Waals surface area contributed by atoms with Gasteiger partial charge in [-0.1, -0.05) is 163 Å². The molecule has 0 unspecified atom stereocenters. The minimum Gasteiger partial charge on any atom is -0.455 e. The molecule has 0 saturated carbocycles. The number of para-hydroxylation sites is 1. The number of hydrogen-bond donors (Lipinski definition) is 0. The van der Waals surface area contributed by atoms with Crippen molar-refractivity contribution in [3.05, 3.63) is 193 Å². The Morgan fingerprint density at radius 3 is 1.82 bits per heavy atom. The Morgan fingerprint density at radius 2 is 1.08 bits per heavy atom. The van der Waals surface area contributed by atoms with Crippen molar-refractivity contribution in [1.29, 1.82) is 0 Å². The van der Waals surface area contributed by atoms with Gasteiger partial charge >= 0.3 is 0 Å². The number of fused-ring (bicyclic) bond motifs is 6. The van der Waals surface area contributed by atoms with Gasteiger partial charge in [0.15, 0.2) is 0 Å². The second-order valence-corrected chi connectivity index (χ2v) is 12.2. The first-order valence-electron chi connectivity index (χ1n) is 22.7. The maximum Gasteiger partial charge on any atom is 0.143 e. The van der Waals surface area contributed by atoms with Crippen LogP contribution in [0.4, 0.5) is 0 Å². The van der Waals surface area contributed by atoms with Crippen molar-refractivity contribution >= 4 is 54.3 Å². The van der Waals surface area contributed by atoms with Crippen molar-refractivity contribution in [2.24, 2.45) is 0 Å². The monoisotopic (exact) mass is 649 g/mol. The van der Waals surface area contributed by atoms with Gasteiger partial charge in [0, 0.05) is 16.3 Å². The van der Waals surface area contributed by atoms with Crippen LogP contribution < -0.4 is 0 Å². The molecular weight excluding hydrogens is 605 g/mol. The number of furan rings is 1. The zero-order valence-corrected chi connectivity index (χ0v) is 26.4. The topological polar surface area (TPSA) is 13.1 Å². The molecule has 1 nitrogen and oxygen atoms in total. The van der Waals surface area contributed by atoms with Gasteiger partial charge < -0.3 is 4.42 Å². The summed E-state index contributed by atoms with van der Waals surface area (Å²) in [6.07, 6.45) is -0.487. The predicted octanol–water partition coefficient (Wildman–Crippen LogP) is 13.6. The molecule has 0 aliphatic heterocycles. The van der Waals surface area contributed by atoms with Gasteiger partial charge in [0.25, 0.3) is 0 Å². The molecule has 0 spiro atoms. The lowest BCUT2D eigenvalue weighted by Crippen LogP contribution is -1.95. The first kappa shape index (κ1) is 18.4. The molecule has 1 heteroatoms. The Balaban J connectivity index is 1.22. The molecule has 1 heterocycles. The normalized spacial score (nSPS) is 15.3. The van der Waals surface area contributed by atoms with Gasteiger partial charge in [0.05, 0.1) is 17.8 Å². The van der Waals surface area contributed by atoms with Crippen LogP contribution in [0.2, 0.25) is 0 Å². The summed E-state index contributed by atoms with van der Waals surface area (Å²) < 4.78 is 121. The quantitative estimate of drug-likeness (QED) is 0.169. The molecule has 1 aromatic heterocycles. The molecule has 50 heavy (non-hydrogen) atoms. The van der Waals surface area contributed by atoms with Crippen LogP contribution in [0.5, 0.6) is 0 Å². The van der Waals surface area contributed by atoms with Crippen molar-refractivity contribution in [3.63, 3.8) is 0 Å². The summed E-state index contributed by atoms with van der Waals surface area (Å²) >= 11 is 0. The van der Waals surface area contributed by atoms with E-state index in [-0.39, 0.29) is 38.2 Å². The molecule has 0 radical (unpaired) electrons. The molecule has 0 atom stereocenters. The second-order valence-electron chi connectivity index (χ2n) is 12.2. The molecule has 10 aromatic rings. The van der Waals surface area contributed by atoms with Crippen molar-refractivity contribution in [2.45, 2.75) is 6.42 Å². The first-order valence-corrected chi connectivity index (χ1v) is 16.2. The largest absolute Gasteiger partial charge is 0.455 e. The van der Waals surface area contributed by atoms with Crippen LogP contribution >= 0.6 is 0 Å². The minimum atomic E-state index is -0.616. The molecule has 0 fully saturated rings. The van der Waals surface area contributed by atoms with Crippen LogP contribution in [0.15, 0.2) is 186 Å². The Labute approximate surface area is 308 Å². The molecule has 0 saturated heterocycles. The van der Waals surface area contributed by atoms with E-state index in [1.807, 2.05) is 72.8 Å². The lowest BCUT2D eigenvalue weighted by molar-refractivity contribution is 0.670. The molecule has 9 aromatic carbocycles. The molecule has 0 amide bonds. The molecule has 0 aliphatic rings. The lowest BCUT2D eigenvalue weighted by atomic mass is 9.86. The molecule has 234 valence electrons. The van der Waals surface area contributed by atoms with Crippen molar-refractivity contribution < 1.29 is 22.2 Å². The number of rotatable bonds is 5. The number of hydrogen-bond acceptors (Lipinski definition) is 1. The van der Waals surface area contributed by atoms with E-state index in [1.54, 1.807) is 6.07 Å². The fraction of sp³-hybridized carbons (Fsp3) is 0.0204. The third-order valence-corrected chi connectivity index (χ3v) is 9.43. The molecular formula is C49H32O. The van der Waals surface area contributed by atoms with E-state index in [0.29, 0.717) is 5.56 Å². The van der Waals surface area contributed by atoms with Crippen molar-refractivity contribution in [3.8, 4) is 33.4 Å². The summed E-state index contributed by atoms with van der Waals surface area (Å²) in [5.74, 6) is 0. The lowest BCUT2D eigenvalue weighted by Gasteiger charge is -2.18. The smallest absolute Gasteiger partial charge is 0.143 e. The third kappa shape index (κ3) is 4.63. The Bertz CT molecular complexity index is 3520. The minimum absolute atomic E-state index is 0.0117. The van der Waals surface area contributed by atoms with E-state index in [1.165, 1.54) is 0 Å². The average molecular weight is 650 g/mol. The van der Waals surface area contributed by atoms with Crippen LogP contribution in [0.3, 0.4) is 0 Å². The molecule has 0 bridgehead atoms. The molecule has 0 aliphatic carbocycles. The maximum absolute atomic E-state index is 9.27. The predicted molar refractivity (Wildman–Crippen MR) is 212 cm³/mol. The fourth-order valence-electron chi connectivity index (χ4n) is 7.21. The number of benzene rings is 9. The average Bonchev–Trinajstić information content (AvgIpc) is 3.70. The van der Waals surface area contributed by atoms with Crippen molar-refractivity contribution in [2.75, 3.05) is 0 Å². The first-order chi connectivity index (χ1) is 30.2. The summed E-state index contributed by atoms with van der Waals surface area (Å²) in [4.78, 5) is 0. The fourth-order valence-corrected chi connectivity index (χ4v) is 7.21. The van der Waals surface area contributed by atoms with Gasteiger partial charge in [-0.05, 0) is 95.9 Å². The van der Waals surface area contributed by atoms with Gasteiger partial charge in [-0.25, -0.2) is 0 Å². The molecule has 10 rings (SSSR count). The highest BCUT2D eigenvalue weighted by Gasteiger charge is 2.18. The van der Waals surface area contributed by atoms with Gasteiger partial charge in [0.1, 0.15) is 11.2 Å². The summed E-state index contributed by atoms with van der Waals surface area (Å²) in [5, 5.41) is 3.35. The highest BCUT2D eigenvalue weighted by atomic mass is 16.3. The van der Waals surface area contributed by atoms with E-state index in [2.05, 4.69) is 24.3 Å². The molecule has 0 N–H and O–H groups in total. The summed E-state index contributed by atoms with van der Waals surface area (Å²) in [6, 6.07) is 26.5. The van der Waals surface area contributed by atoms with Crippen molar-refractivity contribution in [1.82, 2.24) is 0 Å². The van der Waals surface area contributed by atoms with Crippen LogP contribution in [0.25, 0.3) is 87.6 Å². The highest BCUT2D eigenvalue weighted by molar-refractivity contribution is 6.17. The second kappa shape index (κ2) is 11.6. The maximum atomic E-state index is 9.27. The van der Waals surface area contributed by atoms with Crippen LogP contribution in [-0.4, -0.2) is 0 Å². The van der Waals surface area contributed by atoms with Crippen LogP contribution in [0, 0.1) is 0 Å². The van der Waals surface area contributed by atoms with Gasteiger partial charge in [-0.2, -0.15) is 0 Å². The van der Waals surface area contributed by atoms with Gasteiger partial charge in [0.2, 0.25) is 0 Å². The SMILES string of the molecule is [2H]c1c([2H])c([2H])c(Cc2c3c([2H])c([2H])c([2H])c([2H])c3c(-c3ccc4cc(-c5cccc6c5oc5cccc(-c7ccccc7)c56)ccc4c3)c3c([2H])c([2H])c([2H])c([2H])c23)c([2H])c1[2H]. The van der Waals surface area contributed by atoms with Crippen LogP contribution in [0.1, 0.15) is 28.9 Å². The van der Waals surface area contributed by atoms with Crippen LogP contribution in [-0.2, 0) is 6.42 Å². The highest BCUT2D eigenvalue weighted by Crippen LogP contribution is 2.43. The van der Waals surface area contributed by atoms with E-state index in [4.69, 9.17) is 16.8 Å². The summed E-state index contributed by atoms with van der Waals surface area (Å²) in [7, 11) is 0. The van der Waals surface area contributed by atoms with E-state index >= 15 is 0 Å². The Kier molecular flexibility index (Phi) is 4.26. The van der Waals surface area contributed by atoms with Gasteiger partial charge in [-0.15, -0.1) is 0 Å². The summed E-state index contributed by atoms with van der Waals surface area (Å²) in [6.45, 7) is 0. The Morgan fingerprint density at radius 1 is 0.460 bits per heavy atom. The standard InChI is InChI=1S/C49H32O/c1-3-13-32(14-4-1)29-45-40-17-7-9-19-42(40)47(43-20-10-8-18-41(43)45)37-28-26-34-30-36(27-25-35(34)31-37)39-22-11-23-44-48-38(33-15-5-2-6-16-33)21-12-24-46(48)50-49(39)44/h1-28,30-31H,29H2/i1D,3D,4D,7D,8D,9D,10D,13D,14D,17D,18D,19D,20D. The zero-order chi connectivity index (χ0) is 44.3. The third-order valence-electron chi connectivity index (χ3n) is 9.43. The Hall–Kier alpha value is -6.44. The van der Waals surface area contributed by atoms with E-state index in [9.17, 15) is 5.48 Å². The zero-order valence-electron chi connectivity index (χ0n) is 39.4. The van der Waals surface area contributed by atoms with E-state index in [0.717, 1.165) is 55.0 Å². The van der Waals surface area contributed by atoms with E-state index < -0.39 is 85.0 Å². The van der Waals surface area contributed by atoms with Gasteiger partial charge in [-0.3, -0.25) is 0 Å². The summed E-state index contributed by atoms with van der Waals surface area (Å²) in [5.41, 5.74) is 5.77.